The molecule has 0 atom stereocenters. The van der Waals surface area contributed by atoms with E-state index in [4.69, 9.17) is 0 Å². The molecule has 6 heteroatoms. The van der Waals surface area contributed by atoms with Crippen molar-refractivity contribution in [1.82, 2.24) is 9.97 Å². The number of carbonyl (C=O) groups excluding carboxylic acids is 1. The van der Waals surface area contributed by atoms with Crippen LogP contribution in [0.4, 0.5) is 28.8 Å². The van der Waals surface area contributed by atoms with Gasteiger partial charge in [0.15, 0.2) is 0 Å². The first kappa shape index (κ1) is 18.9. The number of aryl methyl sites for hydroxylation is 2. The third-order valence-electron chi connectivity index (χ3n) is 5.06. The molecule has 0 spiro atoms. The number of amides is 1. The minimum absolute atomic E-state index is 0.116. The van der Waals surface area contributed by atoms with Gasteiger partial charge in [-0.1, -0.05) is 24.1 Å². The molecule has 4 rings (SSSR count). The molecule has 1 saturated carbocycles. The Morgan fingerprint density at radius 1 is 0.862 bits per heavy atom. The van der Waals surface area contributed by atoms with E-state index in [1.165, 1.54) is 5.56 Å². The molecule has 148 valence electrons. The van der Waals surface area contributed by atoms with Crippen LogP contribution in [0.25, 0.3) is 0 Å². The maximum atomic E-state index is 12.1. The fourth-order valence-electron chi connectivity index (χ4n) is 3.15. The summed E-state index contributed by atoms with van der Waals surface area (Å²) in [5.74, 6) is 1.54. The van der Waals surface area contributed by atoms with Gasteiger partial charge in [-0.3, -0.25) is 4.79 Å². The van der Waals surface area contributed by atoms with Crippen LogP contribution in [-0.4, -0.2) is 15.9 Å². The number of benzene rings is 2. The normalized spacial score (nSPS) is 13.4. The number of nitrogens with one attached hydrogen (secondary N) is 3. The van der Waals surface area contributed by atoms with Gasteiger partial charge < -0.3 is 16.0 Å². The highest BCUT2D eigenvalue weighted by Crippen LogP contribution is 2.28. The zero-order valence-corrected chi connectivity index (χ0v) is 16.7. The maximum absolute atomic E-state index is 12.1. The van der Waals surface area contributed by atoms with Crippen LogP contribution in [0.3, 0.4) is 0 Å². The molecule has 29 heavy (non-hydrogen) atoms. The van der Waals surface area contributed by atoms with Crippen LogP contribution in [0, 0.1) is 19.8 Å². The zero-order chi connectivity index (χ0) is 20.2. The molecule has 0 unspecified atom stereocenters. The number of aromatic nitrogens is 2. The number of anilines is 5. The average molecular weight is 387 g/mol. The minimum Gasteiger partial charge on any atom is -0.340 e. The van der Waals surface area contributed by atoms with E-state index in [0.717, 1.165) is 47.8 Å². The van der Waals surface area contributed by atoms with Crippen molar-refractivity contribution < 1.29 is 4.79 Å². The van der Waals surface area contributed by atoms with E-state index in [2.05, 4.69) is 45.0 Å². The van der Waals surface area contributed by atoms with Gasteiger partial charge in [-0.2, -0.15) is 4.98 Å². The van der Waals surface area contributed by atoms with Crippen molar-refractivity contribution in [2.45, 2.75) is 33.1 Å². The second-order valence-electron chi connectivity index (χ2n) is 7.53. The highest BCUT2D eigenvalue weighted by Gasteiger charge is 2.25. The van der Waals surface area contributed by atoms with Crippen LogP contribution < -0.4 is 16.0 Å². The van der Waals surface area contributed by atoms with Crippen LogP contribution in [0.5, 0.6) is 0 Å². The summed E-state index contributed by atoms with van der Waals surface area (Å²) in [6.07, 6.45) is 3.14. The Bertz CT molecular complexity index is 995. The standard InChI is InChI=1S/C23H25N5O/c1-15-6-8-18(9-7-15)25-21-14-16(2)24-23(28-21)27-20-12-10-19(11-13-20)26-22(29)17-4-3-5-17/h6-14,17H,3-5H2,1-2H3,(H,26,29)(H2,24,25,27,28). The lowest BCUT2D eigenvalue weighted by Crippen LogP contribution is -2.27. The molecule has 1 aliphatic carbocycles. The summed E-state index contributed by atoms with van der Waals surface area (Å²) in [7, 11) is 0. The van der Waals surface area contributed by atoms with Gasteiger partial charge in [0, 0.05) is 34.7 Å². The predicted octanol–water partition coefficient (Wildman–Crippen LogP) is 5.32. The summed E-state index contributed by atoms with van der Waals surface area (Å²) in [5.41, 5.74) is 4.72. The summed E-state index contributed by atoms with van der Waals surface area (Å²) in [5, 5.41) is 9.52. The number of hydrogen-bond donors (Lipinski definition) is 3. The van der Waals surface area contributed by atoms with Crippen LogP contribution >= 0.6 is 0 Å². The van der Waals surface area contributed by atoms with Gasteiger partial charge in [-0.05, 0) is 63.1 Å². The quantitative estimate of drug-likeness (QED) is 0.533. The molecule has 1 fully saturated rings. The molecule has 0 radical (unpaired) electrons. The molecule has 6 nitrogen and oxygen atoms in total. The first-order valence-electron chi connectivity index (χ1n) is 9.92. The van der Waals surface area contributed by atoms with Gasteiger partial charge in [-0.25, -0.2) is 4.98 Å². The van der Waals surface area contributed by atoms with Crippen molar-refractivity contribution in [1.29, 1.82) is 0 Å². The van der Waals surface area contributed by atoms with E-state index in [0.29, 0.717) is 5.95 Å². The van der Waals surface area contributed by atoms with E-state index in [9.17, 15) is 4.79 Å². The van der Waals surface area contributed by atoms with Crippen molar-refractivity contribution in [3.8, 4) is 0 Å². The molecular formula is C23H25N5O. The summed E-state index contributed by atoms with van der Waals surface area (Å²) in [6, 6.07) is 17.7. The van der Waals surface area contributed by atoms with Gasteiger partial charge in [-0.15, -0.1) is 0 Å². The van der Waals surface area contributed by atoms with Crippen molar-refractivity contribution in [3.63, 3.8) is 0 Å². The Balaban J connectivity index is 1.42. The van der Waals surface area contributed by atoms with E-state index < -0.39 is 0 Å². The van der Waals surface area contributed by atoms with Gasteiger partial charge >= 0.3 is 0 Å². The fraction of sp³-hybridized carbons (Fsp3) is 0.261. The van der Waals surface area contributed by atoms with Gasteiger partial charge in [0.2, 0.25) is 11.9 Å². The second kappa shape index (κ2) is 8.31. The number of carbonyl (C=O) groups is 1. The first-order valence-corrected chi connectivity index (χ1v) is 9.92. The smallest absolute Gasteiger partial charge is 0.229 e. The van der Waals surface area contributed by atoms with Crippen LogP contribution in [0.15, 0.2) is 54.6 Å². The fourth-order valence-corrected chi connectivity index (χ4v) is 3.15. The third kappa shape index (κ3) is 4.90. The van der Waals surface area contributed by atoms with E-state index in [1.54, 1.807) is 0 Å². The van der Waals surface area contributed by atoms with E-state index >= 15 is 0 Å². The summed E-state index contributed by atoms with van der Waals surface area (Å²) < 4.78 is 0. The Kier molecular flexibility index (Phi) is 5.42. The molecule has 0 bridgehead atoms. The topological polar surface area (TPSA) is 78.9 Å². The summed E-state index contributed by atoms with van der Waals surface area (Å²) >= 11 is 0. The Morgan fingerprint density at radius 2 is 1.48 bits per heavy atom. The molecule has 1 amide bonds. The van der Waals surface area contributed by atoms with Crippen LogP contribution in [0.2, 0.25) is 0 Å². The number of nitrogens with zero attached hydrogens (tertiary/aromatic N) is 2. The SMILES string of the molecule is Cc1ccc(Nc2cc(C)nc(Nc3ccc(NC(=O)C4CCC4)cc3)n2)cc1. The van der Waals surface area contributed by atoms with Gasteiger partial charge in [0.1, 0.15) is 5.82 Å². The molecule has 0 aliphatic heterocycles. The maximum Gasteiger partial charge on any atom is 0.229 e. The predicted molar refractivity (Wildman–Crippen MR) is 117 cm³/mol. The average Bonchev–Trinajstić information content (AvgIpc) is 2.63. The minimum atomic E-state index is 0.116. The van der Waals surface area contributed by atoms with Gasteiger partial charge in [0.05, 0.1) is 0 Å². The summed E-state index contributed by atoms with van der Waals surface area (Å²) in [4.78, 5) is 21.1. The van der Waals surface area contributed by atoms with E-state index in [1.807, 2.05) is 49.4 Å². The molecule has 3 aromatic rings. The lowest BCUT2D eigenvalue weighted by atomic mass is 9.85. The van der Waals surface area contributed by atoms with Crippen LogP contribution in [-0.2, 0) is 4.79 Å². The molecule has 2 aromatic carbocycles. The largest absolute Gasteiger partial charge is 0.340 e. The zero-order valence-electron chi connectivity index (χ0n) is 16.7. The molecule has 0 saturated heterocycles. The van der Waals surface area contributed by atoms with Crippen molar-refractivity contribution in [3.05, 3.63) is 65.9 Å². The third-order valence-corrected chi connectivity index (χ3v) is 5.06. The Hall–Kier alpha value is -3.41. The van der Waals surface area contributed by atoms with Crippen LogP contribution in [0.1, 0.15) is 30.5 Å². The second-order valence-corrected chi connectivity index (χ2v) is 7.53. The molecular weight excluding hydrogens is 362 g/mol. The Morgan fingerprint density at radius 3 is 2.14 bits per heavy atom. The highest BCUT2D eigenvalue weighted by atomic mass is 16.1. The lowest BCUT2D eigenvalue weighted by molar-refractivity contribution is -0.122. The number of rotatable bonds is 6. The molecule has 1 aromatic heterocycles. The number of hydrogen-bond acceptors (Lipinski definition) is 5. The summed E-state index contributed by atoms with van der Waals surface area (Å²) in [6.45, 7) is 4.00. The highest BCUT2D eigenvalue weighted by molar-refractivity contribution is 5.93. The molecule has 3 N–H and O–H groups in total. The molecule has 1 aliphatic rings. The van der Waals surface area contributed by atoms with Crippen molar-refractivity contribution in [2.24, 2.45) is 5.92 Å². The molecule has 1 heterocycles. The van der Waals surface area contributed by atoms with Gasteiger partial charge in [0.25, 0.3) is 0 Å². The Labute approximate surface area is 170 Å². The van der Waals surface area contributed by atoms with E-state index in [-0.39, 0.29) is 11.8 Å². The monoisotopic (exact) mass is 387 g/mol. The first-order chi connectivity index (χ1) is 14.0. The van der Waals surface area contributed by atoms with Crippen molar-refractivity contribution >= 4 is 34.7 Å². The lowest BCUT2D eigenvalue weighted by Gasteiger charge is -2.24. The van der Waals surface area contributed by atoms with Crippen molar-refractivity contribution in [2.75, 3.05) is 16.0 Å².